The summed E-state index contributed by atoms with van der Waals surface area (Å²) in [7, 11) is 1.59. The second-order valence-electron chi connectivity index (χ2n) is 8.36. The fraction of sp³-hybridized carbons (Fsp3) is 0.400. The van der Waals surface area contributed by atoms with Crippen LogP contribution >= 0.6 is 0 Å². The van der Waals surface area contributed by atoms with E-state index >= 15 is 0 Å². The Kier molecular flexibility index (Phi) is 10.0. The van der Waals surface area contributed by atoms with Gasteiger partial charge in [-0.2, -0.15) is 0 Å². The van der Waals surface area contributed by atoms with Gasteiger partial charge in [-0.1, -0.05) is 6.07 Å². The Bertz CT molecular complexity index is 1050. The molecule has 0 atom stereocenters. The predicted octanol–water partition coefficient (Wildman–Crippen LogP) is 1.76. The molecule has 194 valence electrons. The minimum absolute atomic E-state index is 0.0270. The Labute approximate surface area is 210 Å². The summed E-state index contributed by atoms with van der Waals surface area (Å²) in [5.74, 6) is 7.47. The van der Waals surface area contributed by atoms with E-state index in [9.17, 15) is 9.18 Å². The molecule has 1 aliphatic heterocycles. The second kappa shape index (κ2) is 13.4. The molecule has 1 amide bonds. The van der Waals surface area contributed by atoms with Gasteiger partial charge in [-0.25, -0.2) is 15.4 Å². The third-order valence-corrected chi connectivity index (χ3v) is 5.59. The number of amides is 1. The van der Waals surface area contributed by atoms with Gasteiger partial charge in [0.25, 0.3) is 0 Å². The molecule has 0 spiro atoms. The monoisotopic (exact) mass is 499 g/mol. The smallest absolute Gasteiger partial charge is 0.246 e. The molecule has 11 heteroatoms. The van der Waals surface area contributed by atoms with Crippen LogP contribution in [0.2, 0.25) is 0 Å². The molecule has 1 aromatic carbocycles. The fourth-order valence-corrected chi connectivity index (χ4v) is 3.79. The molecule has 2 heterocycles. The predicted molar refractivity (Wildman–Crippen MR) is 137 cm³/mol. The molecule has 0 unspecified atom stereocenters. The number of hydrazone groups is 1. The van der Waals surface area contributed by atoms with E-state index < -0.39 is 6.67 Å². The molecule has 1 fully saturated rings. The van der Waals surface area contributed by atoms with Crippen molar-refractivity contribution in [2.24, 2.45) is 16.7 Å². The number of hydrazine groups is 1. The molecule has 1 aromatic heterocycles. The molecule has 1 aliphatic rings. The molecule has 4 N–H and O–H groups in total. The lowest BCUT2D eigenvalue weighted by atomic mass is 10.1. The number of alkyl halides is 1. The van der Waals surface area contributed by atoms with Gasteiger partial charge in [-0.15, -0.1) is 5.10 Å². The van der Waals surface area contributed by atoms with E-state index in [1.165, 1.54) is 5.12 Å². The number of rotatable bonds is 11. The highest BCUT2D eigenvalue weighted by atomic mass is 19.1. The van der Waals surface area contributed by atoms with Crippen molar-refractivity contribution in [2.75, 3.05) is 46.6 Å². The van der Waals surface area contributed by atoms with Crippen molar-refractivity contribution in [3.63, 3.8) is 0 Å². The summed E-state index contributed by atoms with van der Waals surface area (Å²) < 4.78 is 22.8. The summed E-state index contributed by atoms with van der Waals surface area (Å²) in [6.45, 7) is 4.86. The number of carbonyl (C=O) groups is 1. The van der Waals surface area contributed by atoms with E-state index in [2.05, 4.69) is 15.0 Å². The number of hydrogen-bond acceptors (Lipinski definition) is 8. The summed E-state index contributed by atoms with van der Waals surface area (Å²) in [6.07, 6.45) is 4.97. The number of methoxy groups -OCH3 is 1. The highest BCUT2D eigenvalue weighted by molar-refractivity contribution is 5.92. The van der Waals surface area contributed by atoms with Crippen LogP contribution in [0, 0.1) is 0 Å². The number of carbonyl (C=O) groups excluding carboxylic acids is 1. The number of nitrogens with zero attached hydrogens (tertiary/aromatic N) is 5. The van der Waals surface area contributed by atoms with Crippen LogP contribution in [0.15, 0.2) is 47.7 Å². The van der Waals surface area contributed by atoms with Crippen LogP contribution in [-0.4, -0.2) is 78.2 Å². The number of ether oxygens (including phenoxy) is 2. The number of nitrogens with two attached hydrogens (primary N) is 2. The number of hydrogen-bond donors (Lipinski definition) is 2. The van der Waals surface area contributed by atoms with Crippen molar-refractivity contribution in [3.8, 4) is 11.5 Å². The van der Waals surface area contributed by atoms with E-state index in [4.69, 9.17) is 21.1 Å². The zero-order chi connectivity index (χ0) is 25.9. The summed E-state index contributed by atoms with van der Waals surface area (Å²) in [4.78, 5) is 21.3. The topological polar surface area (TPSA) is 123 Å². The van der Waals surface area contributed by atoms with Crippen LogP contribution in [0.25, 0.3) is 6.08 Å². The first-order chi connectivity index (χ1) is 17.4. The third-order valence-electron chi connectivity index (χ3n) is 5.59. The molecule has 0 bridgehead atoms. The van der Waals surface area contributed by atoms with Crippen molar-refractivity contribution in [1.82, 2.24) is 19.9 Å². The van der Waals surface area contributed by atoms with Gasteiger partial charge in [0.05, 0.1) is 25.5 Å². The molecule has 0 aliphatic carbocycles. The first-order valence-corrected chi connectivity index (χ1v) is 11.7. The number of pyridine rings is 1. The number of aromatic nitrogens is 1. The van der Waals surface area contributed by atoms with Crippen molar-refractivity contribution in [2.45, 2.75) is 20.0 Å². The van der Waals surface area contributed by atoms with Crippen molar-refractivity contribution in [3.05, 3.63) is 59.4 Å². The molecule has 3 rings (SSSR count). The van der Waals surface area contributed by atoms with Gasteiger partial charge >= 0.3 is 0 Å². The van der Waals surface area contributed by atoms with Crippen molar-refractivity contribution in [1.29, 1.82) is 0 Å². The van der Waals surface area contributed by atoms with Crippen molar-refractivity contribution >= 4 is 17.8 Å². The molecule has 1 saturated heterocycles. The molecular weight excluding hydrogens is 465 g/mol. The first-order valence-electron chi connectivity index (χ1n) is 11.7. The molecule has 10 nitrogen and oxygen atoms in total. The number of halogens is 1. The standard InChI is InChI=1S/C25H34FN7O3/c1-19(27)30-33(28)17-21-15-23(35-2)6-3-20(21)4-8-25(34)32-12-10-31(11-13-32)18-22-5-7-24(16-29-22)36-14-9-26/h3-8,15-16H,9-14,17-18,28H2,1-2H3,(H2,27,30)/b8-4+. The molecular formula is C25H34FN7O3. The van der Waals surface area contributed by atoms with Crippen molar-refractivity contribution < 1.29 is 18.7 Å². The van der Waals surface area contributed by atoms with Gasteiger partial charge < -0.3 is 20.1 Å². The number of amidine groups is 1. The average molecular weight is 500 g/mol. The van der Waals surface area contributed by atoms with Crippen LogP contribution in [0.5, 0.6) is 11.5 Å². The lowest BCUT2D eigenvalue weighted by Crippen LogP contribution is -2.47. The average Bonchev–Trinajstić information content (AvgIpc) is 2.87. The Morgan fingerprint density at radius 1 is 1.22 bits per heavy atom. The fourth-order valence-electron chi connectivity index (χ4n) is 3.79. The number of benzene rings is 1. The van der Waals surface area contributed by atoms with E-state index in [0.717, 1.165) is 29.9 Å². The minimum atomic E-state index is -0.531. The van der Waals surface area contributed by atoms with Crippen LogP contribution in [0.4, 0.5) is 4.39 Å². The van der Waals surface area contributed by atoms with Gasteiger partial charge in [0.1, 0.15) is 30.6 Å². The number of piperazine rings is 1. The van der Waals surface area contributed by atoms with E-state index in [-0.39, 0.29) is 12.5 Å². The second-order valence-corrected chi connectivity index (χ2v) is 8.36. The summed E-state index contributed by atoms with van der Waals surface area (Å²) in [5.41, 5.74) is 8.21. The van der Waals surface area contributed by atoms with Gasteiger partial charge in [-0.3, -0.25) is 14.7 Å². The quantitative estimate of drug-likeness (QED) is 0.158. The van der Waals surface area contributed by atoms with Crippen LogP contribution in [0.3, 0.4) is 0 Å². The molecule has 36 heavy (non-hydrogen) atoms. The van der Waals surface area contributed by atoms with Crippen LogP contribution < -0.4 is 21.1 Å². The van der Waals surface area contributed by atoms with Crippen LogP contribution in [0.1, 0.15) is 23.7 Å². The first kappa shape index (κ1) is 26.9. The highest BCUT2D eigenvalue weighted by Crippen LogP contribution is 2.21. The largest absolute Gasteiger partial charge is 0.497 e. The zero-order valence-electron chi connectivity index (χ0n) is 20.8. The molecule has 0 radical (unpaired) electrons. The Morgan fingerprint density at radius 2 is 1.97 bits per heavy atom. The highest BCUT2D eigenvalue weighted by Gasteiger charge is 2.20. The van der Waals surface area contributed by atoms with E-state index in [1.807, 2.05) is 29.2 Å². The molecule has 0 saturated carbocycles. The lowest BCUT2D eigenvalue weighted by Gasteiger charge is -2.34. The zero-order valence-corrected chi connectivity index (χ0v) is 20.8. The Morgan fingerprint density at radius 3 is 2.61 bits per heavy atom. The minimum Gasteiger partial charge on any atom is -0.497 e. The lowest BCUT2D eigenvalue weighted by molar-refractivity contribution is -0.127. The van der Waals surface area contributed by atoms with E-state index in [0.29, 0.717) is 43.5 Å². The summed E-state index contributed by atoms with van der Waals surface area (Å²) in [5, 5.41) is 5.28. The summed E-state index contributed by atoms with van der Waals surface area (Å²) >= 11 is 0. The maximum absolute atomic E-state index is 12.8. The van der Waals surface area contributed by atoms with Crippen LogP contribution in [-0.2, 0) is 17.9 Å². The van der Waals surface area contributed by atoms with Gasteiger partial charge in [0.2, 0.25) is 5.91 Å². The van der Waals surface area contributed by atoms with E-state index in [1.54, 1.807) is 38.4 Å². The van der Waals surface area contributed by atoms with Gasteiger partial charge in [-0.05, 0) is 48.4 Å². The molecule has 2 aromatic rings. The van der Waals surface area contributed by atoms with Gasteiger partial charge in [0, 0.05) is 38.8 Å². The Hall–Kier alpha value is -3.70. The maximum Gasteiger partial charge on any atom is 0.246 e. The SMILES string of the molecule is COc1ccc(/C=C/C(=O)N2CCN(Cc3ccc(OCCF)cn3)CC2)c(CN(N)/N=C(/C)N)c1. The normalized spacial score (nSPS) is 14.8. The maximum atomic E-state index is 12.8. The van der Waals surface area contributed by atoms with Gasteiger partial charge in [0.15, 0.2) is 0 Å². The summed E-state index contributed by atoms with van der Waals surface area (Å²) in [6, 6.07) is 9.24. The third kappa shape index (κ3) is 8.21. The Balaban J connectivity index is 1.55.